The molecule has 0 saturated heterocycles. The molecule has 0 spiro atoms. The van der Waals surface area contributed by atoms with Crippen LogP contribution in [0.1, 0.15) is 37.8 Å². The average molecular weight is 251 g/mol. The van der Waals surface area contributed by atoms with E-state index in [1.165, 1.54) is 6.07 Å². The highest BCUT2D eigenvalue weighted by Gasteiger charge is 2.34. The van der Waals surface area contributed by atoms with E-state index >= 15 is 0 Å². The quantitative estimate of drug-likeness (QED) is 0.758. The molecule has 92 valence electrons. The van der Waals surface area contributed by atoms with Crippen LogP contribution in [0.25, 0.3) is 0 Å². The van der Waals surface area contributed by atoms with Gasteiger partial charge in [-0.05, 0) is 24.5 Å². The normalized spacial score (nSPS) is 12.2. The number of nitriles is 1. The van der Waals surface area contributed by atoms with Gasteiger partial charge in [0.05, 0.1) is 11.6 Å². The van der Waals surface area contributed by atoms with E-state index in [1.807, 2.05) is 6.07 Å². The van der Waals surface area contributed by atoms with Gasteiger partial charge < -0.3 is 14.4 Å². The number of benzene rings is 1. The summed E-state index contributed by atoms with van der Waals surface area (Å²) in [7, 11) is -4.82. The maximum Gasteiger partial charge on any atom is 0.0994 e. The van der Waals surface area contributed by atoms with Crippen LogP contribution in [0.2, 0.25) is 0 Å². The molecule has 0 aromatic heterocycles. The van der Waals surface area contributed by atoms with Crippen molar-refractivity contribution in [3.05, 3.63) is 35.4 Å². The molecule has 0 atom stereocenters. The molecule has 0 aliphatic rings. The molecule has 17 heavy (non-hydrogen) atoms. The van der Waals surface area contributed by atoms with E-state index in [-0.39, 0.29) is 18.4 Å². The van der Waals surface area contributed by atoms with Gasteiger partial charge in [-0.1, -0.05) is 39.6 Å². The Morgan fingerprint density at radius 2 is 1.82 bits per heavy atom. The van der Waals surface area contributed by atoms with E-state index < -0.39 is 12.8 Å². The Morgan fingerprint density at radius 1 is 1.29 bits per heavy atom. The fraction of sp³-hybridized carbons (Fsp3) is 0.417. The van der Waals surface area contributed by atoms with Crippen molar-refractivity contribution < 1.29 is 14.4 Å². The van der Waals surface area contributed by atoms with Crippen LogP contribution in [-0.2, 0) is 9.72 Å². The lowest BCUT2D eigenvalue weighted by atomic mass is 9.89. The van der Waals surface area contributed by atoms with Gasteiger partial charge in [0, 0.05) is 5.16 Å². The van der Waals surface area contributed by atoms with Crippen molar-refractivity contribution in [3.63, 3.8) is 0 Å². The molecule has 0 amide bonds. The van der Waals surface area contributed by atoms with Crippen LogP contribution < -0.4 is 9.79 Å². The fourth-order valence-corrected chi connectivity index (χ4v) is 3.42. The van der Waals surface area contributed by atoms with Crippen molar-refractivity contribution >= 4 is 7.60 Å². The lowest BCUT2D eigenvalue weighted by Gasteiger charge is -2.49. The molecule has 1 aromatic rings. The molecule has 0 radical (unpaired) electrons. The molecule has 0 heterocycles. The van der Waals surface area contributed by atoms with Crippen molar-refractivity contribution in [2.45, 2.75) is 31.8 Å². The molecular weight excluding hydrogens is 237 g/mol. The van der Waals surface area contributed by atoms with Crippen molar-refractivity contribution in [3.8, 4) is 6.07 Å². The van der Waals surface area contributed by atoms with Crippen molar-refractivity contribution in [1.82, 2.24) is 0 Å². The maximum absolute atomic E-state index is 11.5. The summed E-state index contributed by atoms with van der Waals surface area (Å²) in [5.41, 5.74) is 0.573. The molecule has 0 unspecified atom stereocenters. The second-order valence-corrected chi connectivity index (χ2v) is 5.74. The monoisotopic (exact) mass is 251 g/mol. The minimum absolute atomic E-state index is 0.173. The van der Waals surface area contributed by atoms with E-state index in [0.717, 1.165) is 0 Å². The summed E-state index contributed by atoms with van der Waals surface area (Å²) < 4.78 is 11.5. The molecule has 4 nitrogen and oxygen atoms in total. The molecule has 5 heteroatoms. The van der Waals surface area contributed by atoms with Crippen LogP contribution in [0.5, 0.6) is 0 Å². The SMILES string of the molecule is CCC(CC)(c1ccccc1C#N)P(=O)([O-])[O-]. The average Bonchev–Trinajstić information content (AvgIpc) is 2.30. The van der Waals surface area contributed by atoms with Gasteiger partial charge in [-0.2, -0.15) is 5.26 Å². The highest BCUT2D eigenvalue weighted by atomic mass is 31.2. The Hall–Kier alpha value is -1.14. The summed E-state index contributed by atoms with van der Waals surface area (Å²) in [6.45, 7) is 3.31. The van der Waals surface area contributed by atoms with Gasteiger partial charge in [-0.25, -0.2) is 0 Å². The number of nitrogens with zero attached hydrogens (tertiary/aromatic N) is 1. The molecular formula is C12H14NO3P-2. The summed E-state index contributed by atoms with van der Waals surface area (Å²) in [6.07, 6.45) is 0.346. The fourth-order valence-electron chi connectivity index (χ4n) is 2.15. The third kappa shape index (κ3) is 2.28. The Balaban J connectivity index is 3.55. The van der Waals surface area contributed by atoms with Crippen LogP contribution in [0, 0.1) is 11.3 Å². The van der Waals surface area contributed by atoms with Crippen LogP contribution in [0.15, 0.2) is 24.3 Å². The summed E-state index contributed by atoms with van der Waals surface area (Å²) in [4.78, 5) is 23.1. The van der Waals surface area contributed by atoms with Crippen LogP contribution in [-0.4, -0.2) is 0 Å². The molecule has 0 bridgehead atoms. The zero-order chi connectivity index (χ0) is 13.1. The lowest BCUT2D eigenvalue weighted by Crippen LogP contribution is -2.36. The van der Waals surface area contributed by atoms with Gasteiger partial charge in [0.2, 0.25) is 0 Å². The number of hydrogen-bond donors (Lipinski definition) is 0. The first-order chi connectivity index (χ1) is 7.93. The third-order valence-electron chi connectivity index (χ3n) is 3.24. The lowest BCUT2D eigenvalue weighted by molar-refractivity contribution is -0.322. The van der Waals surface area contributed by atoms with Crippen molar-refractivity contribution in [2.24, 2.45) is 0 Å². The minimum Gasteiger partial charge on any atom is -0.810 e. The Labute approximate surface area is 101 Å². The second-order valence-electron chi connectivity index (χ2n) is 3.89. The first kappa shape index (κ1) is 13.9. The zero-order valence-corrected chi connectivity index (χ0v) is 10.7. The van der Waals surface area contributed by atoms with Crippen LogP contribution >= 0.6 is 7.60 Å². The summed E-state index contributed by atoms with van der Waals surface area (Å²) in [5, 5.41) is 7.52. The van der Waals surface area contributed by atoms with Crippen molar-refractivity contribution in [2.75, 3.05) is 0 Å². The Morgan fingerprint density at radius 3 is 2.24 bits per heavy atom. The molecule has 0 fully saturated rings. The summed E-state index contributed by atoms with van der Waals surface area (Å²) in [5.74, 6) is 0. The van der Waals surface area contributed by atoms with E-state index in [9.17, 15) is 14.4 Å². The maximum atomic E-state index is 11.5. The molecule has 0 aliphatic heterocycles. The van der Waals surface area contributed by atoms with E-state index in [4.69, 9.17) is 5.26 Å². The smallest absolute Gasteiger partial charge is 0.0994 e. The highest BCUT2D eigenvalue weighted by molar-refractivity contribution is 7.50. The summed E-state index contributed by atoms with van der Waals surface area (Å²) in [6, 6.07) is 8.32. The van der Waals surface area contributed by atoms with E-state index in [2.05, 4.69) is 0 Å². The van der Waals surface area contributed by atoms with E-state index in [0.29, 0.717) is 5.56 Å². The van der Waals surface area contributed by atoms with Gasteiger partial charge >= 0.3 is 0 Å². The molecule has 0 aliphatic carbocycles. The Kier molecular flexibility index (Phi) is 4.11. The predicted molar refractivity (Wildman–Crippen MR) is 61.0 cm³/mol. The third-order valence-corrected chi connectivity index (χ3v) is 5.16. The van der Waals surface area contributed by atoms with Gasteiger partial charge in [0.1, 0.15) is 0 Å². The molecule has 0 saturated carbocycles. The molecule has 1 rings (SSSR count). The van der Waals surface area contributed by atoms with Gasteiger partial charge in [-0.3, -0.25) is 0 Å². The highest BCUT2D eigenvalue weighted by Crippen LogP contribution is 2.55. The largest absolute Gasteiger partial charge is 0.810 e. The first-order valence-electron chi connectivity index (χ1n) is 5.44. The van der Waals surface area contributed by atoms with Crippen LogP contribution in [0.3, 0.4) is 0 Å². The zero-order valence-electron chi connectivity index (χ0n) is 9.84. The van der Waals surface area contributed by atoms with E-state index in [1.54, 1.807) is 32.0 Å². The van der Waals surface area contributed by atoms with Gasteiger partial charge in [0.25, 0.3) is 0 Å². The van der Waals surface area contributed by atoms with Gasteiger partial charge in [0.15, 0.2) is 0 Å². The molecule has 0 N–H and O–H groups in total. The van der Waals surface area contributed by atoms with Gasteiger partial charge in [-0.15, -0.1) is 0 Å². The predicted octanol–water partition coefficient (Wildman–Crippen LogP) is 1.49. The van der Waals surface area contributed by atoms with Crippen molar-refractivity contribution in [1.29, 1.82) is 5.26 Å². The topological polar surface area (TPSA) is 87.0 Å². The number of hydrogen-bond acceptors (Lipinski definition) is 4. The number of rotatable bonds is 4. The summed E-state index contributed by atoms with van der Waals surface area (Å²) >= 11 is 0. The standard InChI is InChI=1S/C12H16NO3P/c1-3-12(4-2,17(14,15)16)11-8-6-5-7-10(11)9-13/h5-8H,3-4H2,1-2H3,(H2,14,15,16)/p-2. The second kappa shape index (κ2) is 5.01. The Bertz CT molecular complexity index is 483. The molecule has 1 aromatic carbocycles. The van der Waals surface area contributed by atoms with Crippen LogP contribution in [0.4, 0.5) is 0 Å². The minimum atomic E-state index is -4.82. The first-order valence-corrected chi connectivity index (χ1v) is 6.99.